The van der Waals surface area contributed by atoms with Gasteiger partial charge in [0.2, 0.25) is 0 Å². The largest absolute Gasteiger partial charge is 0.497 e. The van der Waals surface area contributed by atoms with Crippen LogP contribution in [0.15, 0.2) is 60.7 Å². The van der Waals surface area contributed by atoms with E-state index in [0.29, 0.717) is 11.5 Å². The van der Waals surface area contributed by atoms with Crippen LogP contribution < -0.4 is 14.2 Å². The number of ether oxygens (including phenoxy) is 4. The molecule has 12 heteroatoms. The molecule has 0 amide bonds. The Kier molecular flexibility index (Phi) is 9.24. The van der Waals surface area contributed by atoms with Gasteiger partial charge in [-0.3, -0.25) is 0 Å². The number of hydrogen-bond acceptors (Lipinski definition) is 5. The Hall–Kier alpha value is -3.93. The van der Waals surface area contributed by atoms with Gasteiger partial charge in [0.1, 0.15) is 30.5 Å². The number of aromatic carboxylic acids is 1. The first kappa shape index (κ1) is 30.6. The van der Waals surface area contributed by atoms with Crippen LogP contribution in [0.3, 0.4) is 0 Å². The molecule has 0 aliphatic carbocycles. The third kappa shape index (κ3) is 6.61. The van der Waals surface area contributed by atoms with Crippen LogP contribution >= 0.6 is 0 Å². The standard InChI is InChI=1S/C28H26F6O6/c1-17-14-21(15-18(2)24(17)39-13-12-38-23-10-6-20(7-11-23)25(35)36)26(27(29,30)31,28(32,33)34)40-16-19-4-8-22(37-3)9-5-19/h4-11,14-15H,12-13,16H2,1-3H3,(H,35,36). The van der Waals surface area contributed by atoms with Crippen molar-refractivity contribution in [2.75, 3.05) is 20.3 Å². The summed E-state index contributed by atoms with van der Waals surface area (Å²) in [6, 6.07) is 12.5. The molecular formula is C28H26F6O6. The Balaban J connectivity index is 1.83. The van der Waals surface area contributed by atoms with Gasteiger partial charge in [0, 0.05) is 5.56 Å². The highest BCUT2D eigenvalue weighted by Crippen LogP contribution is 2.54. The van der Waals surface area contributed by atoms with Crippen molar-refractivity contribution in [2.45, 2.75) is 38.4 Å². The zero-order valence-electron chi connectivity index (χ0n) is 21.7. The number of hydrogen-bond donors (Lipinski definition) is 1. The van der Waals surface area contributed by atoms with E-state index in [4.69, 9.17) is 24.1 Å². The number of carbonyl (C=O) groups is 1. The second kappa shape index (κ2) is 12.1. The van der Waals surface area contributed by atoms with Crippen molar-refractivity contribution in [3.8, 4) is 17.2 Å². The molecule has 0 aliphatic heterocycles. The van der Waals surface area contributed by atoms with Crippen molar-refractivity contribution in [1.29, 1.82) is 0 Å². The minimum atomic E-state index is -5.84. The number of carboxylic acids is 1. The van der Waals surface area contributed by atoms with Gasteiger partial charge in [-0.15, -0.1) is 0 Å². The average Bonchev–Trinajstić information content (AvgIpc) is 2.87. The molecule has 0 unspecified atom stereocenters. The van der Waals surface area contributed by atoms with Crippen LogP contribution in [-0.2, 0) is 16.9 Å². The molecule has 6 nitrogen and oxygen atoms in total. The summed E-state index contributed by atoms with van der Waals surface area (Å²) in [7, 11) is 1.37. The zero-order valence-corrected chi connectivity index (χ0v) is 21.7. The summed E-state index contributed by atoms with van der Waals surface area (Å²) in [5, 5.41) is 8.93. The van der Waals surface area contributed by atoms with Crippen molar-refractivity contribution < 1.29 is 55.2 Å². The van der Waals surface area contributed by atoms with Gasteiger partial charge in [0.25, 0.3) is 5.60 Å². The van der Waals surface area contributed by atoms with Crippen LogP contribution in [0, 0.1) is 13.8 Å². The minimum Gasteiger partial charge on any atom is -0.497 e. The van der Waals surface area contributed by atoms with E-state index < -0.39 is 36.1 Å². The summed E-state index contributed by atoms with van der Waals surface area (Å²) < 4.78 is 106. The monoisotopic (exact) mass is 572 g/mol. The molecule has 0 fully saturated rings. The highest BCUT2D eigenvalue weighted by Gasteiger charge is 2.73. The third-order valence-electron chi connectivity index (χ3n) is 5.98. The molecule has 3 aromatic carbocycles. The lowest BCUT2D eigenvalue weighted by atomic mass is 9.88. The van der Waals surface area contributed by atoms with E-state index in [0.717, 1.165) is 12.1 Å². The van der Waals surface area contributed by atoms with Gasteiger partial charge < -0.3 is 24.1 Å². The predicted molar refractivity (Wildman–Crippen MR) is 132 cm³/mol. The SMILES string of the molecule is COc1ccc(COC(c2cc(C)c(OCCOc3ccc(C(=O)O)cc3)c(C)c2)(C(F)(F)F)C(F)(F)F)cc1. The highest BCUT2D eigenvalue weighted by atomic mass is 19.4. The predicted octanol–water partition coefficient (Wildman–Crippen LogP) is 7.00. The van der Waals surface area contributed by atoms with Gasteiger partial charge in [-0.1, -0.05) is 12.1 Å². The molecule has 0 heterocycles. The Bertz CT molecular complexity index is 1260. The van der Waals surface area contributed by atoms with Crippen LogP contribution in [0.2, 0.25) is 0 Å². The van der Waals surface area contributed by atoms with E-state index in [-0.39, 0.29) is 41.2 Å². The highest BCUT2D eigenvalue weighted by molar-refractivity contribution is 5.87. The summed E-state index contributed by atoms with van der Waals surface area (Å²) in [5.74, 6) is -0.269. The molecule has 1 N–H and O–H groups in total. The maximum atomic E-state index is 14.3. The third-order valence-corrected chi connectivity index (χ3v) is 5.98. The van der Waals surface area contributed by atoms with E-state index in [9.17, 15) is 31.1 Å². The van der Waals surface area contributed by atoms with Gasteiger partial charge in [0.15, 0.2) is 0 Å². The fourth-order valence-corrected chi connectivity index (χ4v) is 4.03. The van der Waals surface area contributed by atoms with Crippen LogP contribution in [0.25, 0.3) is 0 Å². The molecule has 0 atom stereocenters. The molecule has 0 bridgehead atoms. The number of benzene rings is 3. The van der Waals surface area contributed by atoms with Gasteiger partial charge in [-0.05, 0) is 79.1 Å². The molecule has 0 aromatic heterocycles. The molecule has 40 heavy (non-hydrogen) atoms. The lowest BCUT2D eigenvalue weighted by Crippen LogP contribution is -2.56. The number of carboxylic acid groups (broad SMARTS) is 1. The first-order chi connectivity index (χ1) is 18.7. The van der Waals surface area contributed by atoms with Crippen molar-refractivity contribution in [1.82, 2.24) is 0 Å². The number of methoxy groups -OCH3 is 1. The number of rotatable bonds is 11. The Morgan fingerprint density at radius 2 is 1.27 bits per heavy atom. The molecular weight excluding hydrogens is 546 g/mol. The molecule has 216 valence electrons. The molecule has 0 radical (unpaired) electrons. The number of halogens is 6. The summed E-state index contributed by atoms with van der Waals surface area (Å²) >= 11 is 0. The maximum absolute atomic E-state index is 14.3. The van der Waals surface area contributed by atoms with Crippen molar-refractivity contribution in [3.63, 3.8) is 0 Å². The van der Waals surface area contributed by atoms with Crippen LogP contribution in [0.1, 0.15) is 32.6 Å². The topological polar surface area (TPSA) is 74.2 Å². The van der Waals surface area contributed by atoms with Crippen LogP contribution in [0.5, 0.6) is 17.2 Å². The average molecular weight is 572 g/mol. The summed E-state index contributed by atoms with van der Waals surface area (Å²) in [4.78, 5) is 10.9. The van der Waals surface area contributed by atoms with Gasteiger partial charge in [0.05, 0.1) is 19.3 Å². The normalized spacial score (nSPS) is 12.2. The molecule has 0 spiro atoms. The minimum absolute atomic E-state index is 0.0208. The van der Waals surface area contributed by atoms with E-state index in [1.165, 1.54) is 69.5 Å². The van der Waals surface area contributed by atoms with Gasteiger partial charge in [-0.2, -0.15) is 26.3 Å². The summed E-state index contributed by atoms with van der Waals surface area (Å²) in [5.41, 5.74) is -5.50. The first-order valence-electron chi connectivity index (χ1n) is 11.8. The molecule has 0 saturated carbocycles. The van der Waals surface area contributed by atoms with E-state index in [1.807, 2.05) is 0 Å². The lowest BCUT2D eigenvalue weighted by molar-refractivity contribution is -0.392. The molecule has 0 saturated heterocycles. The molecule has 3 aromatic rings. The molecule has 0 aliphatic rings. The van der Waals surface area contributed by atoms with Crippen LogP contribution in [0.4, 0.5) is 26.3 Å². The Morgan fingerprint density at radius 3 is 1.75 bits per heavy atom. The van der Waals surface area contributed by atoms with E-state index in [1.54, 1.807) is 0 Å². The van der Waals surface area contributed by atoms with Crippen molar-refractivity contribution >= 4 is 5.97 Å². The fourth-order valence-electron chi connectivity index (χ4n) is 4.03. The second-order valence-electron chi connectivity index (χ2n) is 8.78. The summed E-state index contributed by atoms with van der Waals surface area (Å²) in [6.45, 7) is 1.59. The summed E-state index contributed by atoms with van der Waals surface area (Å²) in [6.07, 6.45) is -11.7. The van der Waals surface area contributed by atoms with Crippen molar-refractivity contribution in [2.24, 2.45) is 0 Å². The second-order valence-corrected chi connectivity index (χ2v) is 8.78. The smallest absolute Gasteiger partial charge is 0.430 e. The van der Waals surface area contributed by atoms with Gasteiger partial charge >= 0.3 is 18.3 Å². The Labute approximate surface area is 226 Å². The number of aryl methyl sites for hydroxylation is 2. The zero-order chi connectivity index (χ0) is 29.7. The maximum Gasteiger partial charge on any atom is 0.430 e. The van der Waals surface area contributed by atoms with Crippen LogP contribution in [-0.4, -0.2) is 43.8 Å². The van der Waals surface area contributed by atoms with E-state index >= 15 is 0 Å². The molecule has 3 rings (SSSR count). The quantitative estimate of drug-likeness (QED) is 0.197. The van der Waals surface area contributed by atoms with E-state index in [2.05, 4.69) is 0 Å². The fraction of sp³-hybridized carbons (Fsp3) is 0.321. The lowest BCUT2D eigenvalue weighted by Gasteiger charge is -2.38. The van der Waals surface area contributed by atoms with Crippen molar-refractivity contribution in [3.05, 3.63) is 88.5 Å². The Morgan fingerprint density at radius 1 is 0.775 bits per heavy atom. The number of alkyl halides is 6. The van der Waals surface area contributed by atoms with Gasteiger partial charge in [-0.25, -0.2) is 4.79 Å². The first-order valence-corrected chi connectivity index (χ1v) is 11.8.